The third kappa shape index (κ3) is 8.18. The van der Waals surface area contributed by atoms with Crippen LogP contribution in [0, 0.1) is 25.7 Å². The molecule has 3 aromatic carbocycles. The molecule has 0 aliphatic heterocycles. The van der Waals surface area contributed by atoms with E-state index in [1.165, 1.54) is 19.3 Å². The Kier molecular flexibility index (Phi) is 10.5. The fourth-order valence-corrected chi connectivity index (χ4v) is 4.09. The summed E-state index contributed by atoms with van der Waals surface area (Å²) in [5.74, 6) is 8.10. The zero-order valence-corrected chi connectivity index (χ0v) is 23.2. The van der Waals surface area contributed by atoms with E-state index in [0.717, 1.165) is 29.2 Å². The highest BCUT2D eigenvalue weighted by atomic mass is 16.5. The molecular weight excluding hydrogens is 476 g/mol. The smallest absolute Gasteiger partial charge is 0.275 e. The summed E-state index contributed by atoms with van der Waals surface area (Å²) in [7, 11) is 0. The SMILES string of the molecule is Cc1cccc(Oc2ccc(C(=O)N(N)C(=O)c3ccc(OCCC(C)CCCC(C)C)cc3)cc2)c1C. The number of hydrogen-bond acceptors (Lipinski definition) is 5. The number of aryl methyl sites for hydroxylation is 1. The number of benzene rings is 3. The van der Waals surface area contributed by atoms with Gasteiger partial charge in [0.1, 0.15) is 17.2 Å². The number of amides is 2. The van der Waals surface area contributed by atoms with Crippen molar-refractivity contribution in [1.82, 2.24) is 5.01 Å². The molecule has 0 saturated heterocycles. The number of rotatable bonds is 12. The summed E-state index contributed by atoms with van der Waals surface area (Å²) in [6, 6.07) is 19.1. The maximum absolute atomic E-state index is 12.8. The topological polar surface area (TPSA) is 81.9 Å². The van der Waals surface area contributed by atoms with Crippen LogP contribution in [0.3, 0.4) is 0 Å². The normalized spacial score (nSPS) is 11.8. The van der Waals surface area contributed by atoms with Crippen LogP contribution in [0.25, 0.3) is 0 Å². The molecule has 3 aromatic rings. The van der Waals surface area contributed by atoms with Gasteiger partial charge < -0.3 is 9.47 Å². The molecule has 6 heteroatoms. The van der Waals surface area contributed by atoms with Crippen molar-refractivity contribution in [2.45, 2.75) is 60.3 Å². The van der Waals surface area contributed by atoms with Gasteiger partial charge in [0.15, 0.2) is 0 Å². The van der Waals surface area contributed by atoms with Crippen molar-refractivity contribution >= 4 is 11.8 Å². The zero-order valence-electron chi connectivity index (χ0n) is 23.2. The number of hydrazine groups is 1. The molecule has 3 rings (SSSR count). The van der Waals surface area contributed by atoms with Gasteiger partial charge in [-0.25, -0.2) is 10.9 Å². The molecule has 2 N–H and O–H groups in total. The summed E-state index contributed by atoms with van der Waals surface area (Å²) in [6.07, 6.45) is 4.69. The number of hydrogen-bond donors (Lipinski definition) is 1. The van der Waals surface area contributed by atoms with Crippen LogP contribution in [0.15, 0.2) is 66.7 Å². The Hall–Kier alpha value is -3.64. The van der Waals surface area contributed by atoms with Crippen molar-refractivity contribution in [3.63, 3.8) is 0 Å². The lowest BCUT2D eigenvalue weighted by molar-refractivity contribution is 0.0615. The Morgan fingerprint density at radius 1 is 0.789 bits per heavy atom. The highest BCUT2D eigenvalue weighted by Crippen LogP contribution is 2.27. The fourth-order valence-electron chi connectivity index (χ4n) is 4.09. The van der Waals surface area contributed by atoms with E-state index in [4.69, 9.17) is 15.3 Å². The highest BCUT2D eigenvalue weighted by molar-refractivity contribution is 6.09. The number of nitrogens with two attached hydrogens (primary N) is 1. The molecule has 0 heterocycles. The van der Waals surface area contributed by atoms with Gasteiger partial charge in [-0.05, 0) is 97.8 Å². The third-order valence-electron chi connectivity index (χ3n) is 6.78. The molecule has 0 fully saturated rings. The van der Waals surface area contributed by atoms with Crippen molar-refractivity contribution in [2.75, 3.05) is 6.61 Å². The standard InChI is InChI=1S/C32H40N2O4/c1-22(2)8-6-9-23(3)20-21-37-28-16-12-26(13-17-28)31(35)34(33)32(36)27-14-18-29(19-15-27)38-30-11-7-10-24(4)25(30)5/h7,10-19,22-23H,6,8-9,20-21,33H2,1-5H3. The quantitative estimate of drug-likeness (QED) is 0.117. The highest BCUT2D eigenvalue weighted by Gasteiger charge is 2.21. The largest absolute Gasteiger partial charge is 0.494 e. The Balaban J connectivity index is 1.51. The molecule has 1 atom stereocenters. The summed E-state index contributed by atoms with van der Waals surface area (Å²) in [4.78, 5) is 25.6. The van der Waals surface area contributed by atoms with E-state index in [-0.39, 0.29) is 5.56 Å². The molecule has 6 nitrogen and oxygen atoms in total. The summed E-state index contributed by atoms with van der Waals surface area (Å²) >= 11 is 0. The van der Waals surface area contributed by atoms with Gasteiger partial charge >= 0.3 is 0 Å². The first-order valence-corrected chi connectivity index (χ1v) is 13.4. The average Bonchev–Trinajstić information content (AvgIpc) is 2.90. The van der Waals surface area contributed by atoms with E-state index in [1.54, 1.807) is 48.5 Å². The van der Waals surface area contributed by atoms with Crippen LogP contribution in [0.2, 0.25) is 0 Å². The van der Waals surface area contributed by atoms with Crippen molar-refractivity contribution in [2.24, 2.45) is 17.7 Å². The number of ether oxygens (including phenoxy) is 2. The molecule has 0 saturated carbocycles. The van der Waals surface area contributed by atoms with Gasteiger partial charge in [0.05, 0.1) is 6.61 Å². The van der Waals surface area contributed by atoms with Crippen LogP contribution >= 0.6 is 0 Å². The Labute approximate surface area is 226 Å². The number of carbonyl (C=O) groups excluding carboxylic acids is 2. The van der Waals surface area contributed by atoms with E-state index in [9.17, 15) is 9.59 Å². The minimum Gasteiger partial charge on any atom is -0.494 e. The monoisotopic (exact) mass is 516 g/mol. The first-order chi connectivity index (χ1) is 18.2. The van der Waals surface area contributed by atoms with Gasteiger partial charge in [0, 0.05) is 11.1 Å². The fraction of sp³-hybridized carbons (Fsp3) is 0.375. The van der Waals surface area contributed by atoms with Gasteiger partial charge in [0.2, 0.25) is 0 Å². The van der Waals surface area contributed by atoms with E-state index < -0.39 is 11.8 Å². The molecule has 0 spiro atoms. The second-order valence-electron chi connectivity index (χ2n) is 10.4. The maximum atomic E-state index is 12.8. The van der Waals surface area contributed by atoms with Crippen molar-refractivity contribution in [1.29, 1.82) is 0 Å². The lowest BCUT2D eigenvalue weighted by atomic mass is 9.98. The molecule has 38 heavy (non-hydrogen) atoms. The molecule has 0 aliphatic rings. The molecule has 0 bridgehead atoms. The Morgan fingerprint density at radius 3 is 1.95 bits per heavy atom. The van der Waals surface area contributed by atoms with Crippen LogP contribution in [-0.2, 0) is 0 Å². The summed E-state index contributed by atoms with van der Waals surface area (Å²) in [5.41, 5.74) is 2.78. The van der Waals surface area contributed by atoms with Gasteiger partial charge in [-0.3, -0.25) is 9.59 Å². The number of imide groups is 1. The Bertz CT molecular complexity index is 1200. The first-order valence-electron chi connectivity index (χ1n) is 13.4. The summed E-state index contributed by atoms with van der Waals surface area (Å²) in [6.45, 7) is 11.4. The predicted octanol–water partition coefficient (Wildman–Crippen LogP) is 7.48. The lowest BCUT2D eigenvalue weighted by Gasteiger charge is -2.16. The minimum absolute atomic E-state index is 0.289. The average molecular weight is 517 g/mol. The summed E-state index contributed by atoms with van der Waals surface area (Å²) < 4.78 is 11.8. The maximum Gasteiger partial charge on any atom is 0.275 e. The van der Waals surface area contributed by atoms with Crippen molar-refractivity contribution < 1.29 is 19.1 Å². The number of carbonyl (C=O) groups is 2. The third-order valence-corrected chi connectivity index (χ3v) is 6.78. The van der Waals surface area contributed by atoms with Gasteiger partial charge in [-0.1, -0.05) is 52.2 Å². The molecule has 0 radical (unpaired) electrons. The van der Waals surface area contributed by atoms with Crippen molar-refractivity contribution in [3.05, 3.63) is 89.0 Å². The van der Waals surface area contributed by atoms with Gasteiger partial charge in [-0.2, -0.15) is 0 Å². The molecular formula is C32H40N2O4. The van der Waals surface area contributed by atoms with Gasteiger partial charge in [-0.15, -0.1) is 0 Å². The van der Waals surface area contributed by atoms with E-state index in [0.29, 0.717) is 34.6 Å². The van der Waals surface area contributed by atoms with Crippen LogP contribution in [0.5, 0.6) is 17.2 Å². The second kappa shape index (κ2) is 13.8. The minimum atomic E-state index is -0.597. The first kappa shape index (κ1) is 28.9. The molecule has 0 aliphatic carbocycles. The summed E-state index contributed by atoms with van der Waals surface area (Å²) in [5, 5.41) is 0.634. The van der Waals surface area contributed by atoms with Crippen LogP contribution in [-0.4, -0.2) is 23.4 Å². The molecule has 2 amide bonds. The molecule has 1 unspecified atom stereocenters. The zero-order chi connectivity index (χ0) is 27.7. The van der Waals surface area contributed by atoms with Gasteiger partial charge in [0.25, 0.3) is 11.8 Å². The lowest BCUT2D eigenvalue weighted by Crippen LogP contribution is -2.42. The Morgan fingerprint density at radius 2 is 1.37 bits per heavy atom. The van der Waals surface area contributed by atoms with Crippen LogP contribution in [0.1, 0.15) is 78.3 Å². The second-order valence-corrected chi connectivity index (χ2v) is 10.4. The van der Waals surface area contributed by atoms with Crippen molar-refractivity contribution in [3.8, 4) is 17.2 Å². The predicted molar refractivity (Wildman–Crippen MR) is 152 cm³/mol. The molecule has 202 valence electrons. The van der Waals surface area contributed by atoms with Crippen LogP contribution < -0.4 is 15.3 Å². The van der Waals surface area contributed by atoms with E-state index >= 15 is 0 Å². The van der Waals surface area contributed by atoms with Crippen LogP contribution in [0.4, 0.5) is 0 Å². The number of nitrogens with zero attached hydrogens (tertiary/aromatic N) is 1. The van der Waals surface area contributed by atoms with E-state index in [2.05, 4.69) is 20.8 Å². The van der Waals surface area contributed by atoms with E-state index in [1.807, 2.05) is 32.0 Å². The molecule has 0 aromatic heterocycles.